The van der Waals surface area contributed by atoms with Crippen molar-refractivity contribution in [3.63, 3.8) is 0 Å². The van der Waals surface area contributed by atoms with Crippen molar-refractivity contribution in [1.29, 1.82) is 5.26 Å². The first kappa shape index (κ1) is 19.8. The highest BCUT2D eigenvalue weighted by atomic mass is 19.3. The van der Waals surface area contributed by atoms with E-state index in [1.165, 1.54) is 24.9 Å². The van der Waals surface area contributed by atoms with Gasteiger partial charge in [0.05, 0.1) is 23.7 Å². The van der Waals surface area contributed by atoms with Crippen molar-refractivity contribution in [3.05, 3.63) is 53.1 Å². The molecule has 0 radical (unpaired) electrons. The SMILES string of the molecule is CC(C)(C(=O)N1C[C@@H]2C[C@H]1c1cncc(C#Cc3cncc(C#N)c3)c1O2)C(F)F. The van der Waals surface area contributed by atoms with Crippen molar-refractivity contribution in [2.75, 3.05) is 6.54 Å². The summed E-state index contributed by atoms with van der Waals surface area (Å²) in [5.41, 5.74) is 0.396. The molecule has 2 aliphatic rings. The molecule has 2 atom stereocenters. The number of halogens is 2. The number of fused-ring (bicyclic) bond motifs is 4. The number of pyridine rings is 2. The Kier molecular flexibility index (Phi) is 4.87. The summed E-state index contributed by atoms with van der Waals surface area (Å²) < 4.78 is 32.9. The summed E-state index contributed by atoms with van der Waals surface area (Å²) >= 11 is 0. The van der Waals surface area contributed by atoms with Gasteiger partial charge < -0.3 is 9.64 Å². The third-order valence-corrected chi connectivity index (χ3v) is 5.40. The molecule has 2 aliphatic heterocycles. The van der Waals surface area contributed by atoms with Gasteiger partial charge in [-0.25, -0.2) is 8.78 Å². The lowest BCUT2D eigenvalue weighted by Gasteiger charge is -2.32. The molecule has 8 heteroatoms. The van der Waals surface area contributed by atoms with Crippen LogP contribution in [0.1, 0.15) is 48.6 Å². The fraction of sp³-hybridized carbons (Fsp3) is 0.364. The lowest BCUT2D eigenvalue weighted by atomic mass is 9.91. The zero-order chi connectivity index (χ0) is 21.5. The van der Waals surface area contributed by atoms with Crippen LogP contribution in [0.3, 0.4) is 0 Å². The van der Waals surface area contributed by atoms with Gasteiger partial charge in [-0.2, -0.15) is 5.26 Å². The van der Waals surface area contributed by atoms with E-state index in [0.29, 0.717) is 34.4 Å². The van der Waals surface area contributed by atoms with Crippen molar-refractivity contribution in [3.8, 4) is 23.7 Å². The Bertz CT molecular complexity index is 1110. The quantitative estimate of drug-likeness (QED) is 0.714. The molecule has 152 valence electrons. The maximum absolute atomic E-state index is 13.4. The Balaban J connectivity index is 1.67. The molecule has 0 saturated carbocycles. The lowest BCUT2D eigenvalue weighted by molar-refractivity contribution is -0.149. The Morgan fingerprint density at radius 1 is 1.23 bits per heavy atom. The van der Waals surface area contributed by atoms with E-state index in [0.717, 1.165) is 0 Å². The van der Waals surface area contributed by atoms with Gasteiger partial charge in [-0.05, 0) is 19.9 Å². The average Bonchev–Trinajstić information content (AvgIpc) is 3.09. The summed E-state index contributed by atoms with van der Waals surface area (Å²) in [6.07, 6.45) is 3.64. The smallest absolute Gasteiger partial charge is 0.252 e. The monoisotopic (exact) mass is 408 g/mol. The van der Waals surface area contributed by atoms with Crippen LogP contribution < -0.4 is 4.74 Å². The number of aromatic nitrogens is 2. The fourth-order valence-electron chi connectivity index (χ4n) is 3.66. The van der Waals surface area contributed by atoms with Gasteiger partial charge in [0.25, 0.3) is 6.43 Å². The molecule has 0 aliphatic carbocycles. The zero-order valence-corrected chi connectivity index (χ0v) is 16.4. The molecule has 0 N–H and O–H groups in total. The normalized spacial score (nSPS) is 19.4. The van der Waals surface area contributed by atoms with Gasteiger partial charge in [0, 0.05) is 42.3 Å². The minimum Gasteiger partial charge on any atom is -0.487 e. The number of carbonyl (C=O) groups is 1. The van der Waals surface area contributed by atoms with Crippen LogP contribution >= 0.6 is 0 Å². The molecule has 0 spiro atoms. The van der Waals surface area contributed by atoms with Crippen molar-refractivity contribution >= 4 is 5.91 Å². The van der Waals surface area contributed by atoms with Gasteiger partial charge in [0.15, 0.2) is 0 Å². The molecule has 0 unspecified atom stereocenters. The maximum atomic E-state index is 13.4. The molecule has 6 nitrogen and oxygen atoms in total. The topological polar surface area (TPSA) is 79.1 Å². The van der Waals surface area contributed by atoms with Gasteiger partial charge >= 0.3 is 0 Å². The molecule has 1 saturated heterocycles. The predicted molar refractivity (Wildman–Crippen MR) is 102 cm³/mol. The van der Waals surface area contributed by atoms with Crippen LogP contribution in [0.4, 0.5) is 8.78 Å². The van der Waals surface area contributed by atoms with Crippen LogP contribution in [0.15, 0.2) is 30.9 Å². The highest BCUT2D eigenvalue weighted by molar-refractivity contribution is 5.83. The molecule has 4 rings (SSSR count). The number of alkyl halides is 2. The van der Waals surface area contributed by atoms with Crippen molar-refractivity contribution in [1.82, 2.24) is 14.9 Å². The van der Waals surface area contributed by atoms with E-state index in [2.05, 4.69) is 21.8 Å². The molecule has 2 bridgehead atoms. The van der Waals surface area contributed by atoms with Crippen LogP contribution in [-0.4, -0.2) is 39.8 Å². The van der Waals surface area contributed by atoms with Crippen LogP contribution in [-0.2, 0) is 4.79 Å². The first-order chi connectivity index (χ1) is 14.3. The maximum Gasteiger partial charge on any atom is 0.252 e. The number of rotatable bonds is 2. The summed E-state index contributed by atoms with van der Waals surface area (Å²) in [4.78, 5) is 22.5. The average molecular weight is 408 g/mol. The number of likely N-dealkylation sites (tertiary alicyclic amines) is 1. The Hall–Kier alpha value is -3.52. The van der Waals surface area contributed by atoms with Gasteiger partial charge in [-0.15, -0.1) is 0 Å². The highest BCUT2D eigenvalue weighted by Gasteiger charge is 2.49. The van der Waals surface area contributed by atoms with Crippen LogP contribution in [0.25, 0.3) is 0 Å². The standard InChI is InChI=1S/C22H18F2N4O2/c1-22(2,20(23)24)21(29)28-12-16-6-18(28)17-11-27-10-15(19(17)30-16)4-3-13-5-14(7-25)9-26-8-13/h5,8-11,16,18,20H,6,12H2,1-2H3/t16-,18-/m0/s1. The molecule has 2 aromatic rings. The van der Waals surface area contributed by atoms with E-state index in [4.69, 9.17) is 10.00 Å². The molecule has 30 heavy (non-hydrogen) atoms. The Labute approximate surface area is 172 Å². The van der Waals surface area contributed by atoms with Crippen molar-refractivity contribution in [2.24, 2.45) is 5.41 Å². The number of amides is 1. The third-order valence-electron chi connectivity index (χ3n) is 5.40. The van der Waals surface area contributed by atoms with Crippen LogP contribution in [0, 0.1) is 28.6 Å². The first-order valence-corrected chi connectivity index (χ1v) is 9.42. The summed E-state index contributed by atoms with van der Waals surface area (Å²) in [5, 5.41) is 8.98. The van der Waals surface area contributed by atoms with E-state index in [1.54, 1.807) is 24.7 Å². The molecule has 1 amide bonds. The molecule has 0 aromatic carbocycles. The molecule has 4 heterocycles. The zero-order valence-electron chi connectivity index (χ0n) is 16.4. The summed E-state index contributed by atoms with van der Waals surface area (Å²) in [6.45, 7) is 2.76. The van der Waals surface area contributed by atoms with Crippen LogP contribution in [0.5, 0.6) is 5.75 Å². The van der Waals surface area contributed by atoms with E-state index in [9.17, 15) is 13.6 Å². The van der Waals surface area contributed by atoms with Crippen LogP contribution in [0.2, 0.25) is 0 Å². The number of carbonyl (C=O) groups excluding carboxylic acids is 1. The van der Waals surface area contributed by atoms with Gasteiger partial charge in [0.1, 0.15) is 23.3 Å². The second-order valence-corrected chi connectivity index (χ2v) is 7.90. The molecule has 1 fully saturated rings. The minimum absolute atomic E-state index is 0.245. The number of nitriles is 1. The number of hydrogen-bond donors (Lipinski definition) is 0. The second-order valence-electron chi connectivity index (χ2n) is 7.90. The van der Waals surface area contributed by atoms with Gasteiger partial charge in [-0.1, -0.05) is 11.8 Å². The van der Waals surface area contributed by atoms with Crippen molar-refractivity contribution in [2.45, 2.75) is 38.8 Å². The number of nitrogens with zero attached hydrogens (tertiary/aromatic N) is 4. The predicted octanol–water partition coefficient (Wildman–Crippen LogP) is 3.07. The number of hydrogen-bond acceptors (Lipinski definition) is 5. The largest absolute Gasteiger partial charge is 0.487 e. The van der Waals surface area contributed by atoms with E-state index < -0.39 is 17.7 Å². The summed E-state index contributed by atoms with van der Waals surface area (Å²) in [6, 6.07) is 3.26. The Morgan fingerprint density at radius 2 is 1.97 bits per heavy atom. The van der Waals surface area contributed by atoms with E-state index >= 15 is 0 Å². The number of ether oxygens (including phenoxy) is 1. The van der Waals surface area contributed by atoms with Crippen molar-refractivity contribution < 1.29 is 18.3 Å². The minimum atomic E-state index is -2.76. The highest BCUT2D eigenvalue weighted by Crippen LogP contribution is 2.46. The third kappa shape index (κ3) is 3.35. The fourth-order valence-corrected chi connectivity index (χ4v) is 3.66. The molecular formula is C22H18F2N4O2. The van der Waals surface area contributed by atoms with E-state index in [1.807, 2.05) is 6.07 Å². The van der Waals surface area contributed by atoms with Gasteiger partial charge in [-0.3, -0.25) is 14.8 Å². The Morgan fingerprint density at radius 3 is 2.70 bits per heavy atom. The second kappa shape index (κ2) is 7.38. The lowest BCUT2D eigenvalue weighted by Crippen LogP contribution is -2.44. The molecular weight excluding hydrogens is 390 g/mol. The first-order valence-electron chi connectivity index (χ1n) is 9.42. The molecule has 2 aromatic heterocycles. The van der Waals surface area contributed by atoms with E-state index in [-0.39, 0.29) is 18.7 Å². The van der Waals surface area contributed by atoms with Gasteiger partial charge in [0.2, 0.25) is 5.91 Å². The summed E-state index contributed by atoms with van der Waals surface area (Å²) in [7, 11) is 0. The summed E-state index contributed by atoms with van der Waals surface area (Å²) in [5.74, 6) is 5.86.